The Hall–Kier alpha value is -1.99. The van der Waals surface area contributed by atoms with E-state index in [1.165, 1.54) is 11.5 Å². The van der Waals surface area contributed by atoms with Crippen LogP contribution < -0.4 is 10.1 Å². The highest BCUT2D eigenvalue weighted by Crippen LogP contribution is 2.22. The van der Waals surface area contributed by atoms with Crippen LogP contribution in [0.15, 0.2) is 24.4 Å². The van der Waals surface area contributed by atoms with Gasteiger partial charge in [-0.25, -0.2) is 4.98 Å². The van der Waals surface area contributed by atoms with Gasteiger partial charge in [-0.3, -0.25) is 4.79 Å². The first-order chi connectivity index (χ1) is 10.2. The zero-order valence-corrected chi connectivity index (χ0v) is 12.4. The Morgan fingerprint density at radius 2 is 2.48 bits per heavy atom. The van der Waals surface area contributed by atoms with Crippen molar-refractivity contribution in [3.8, 4) is 5.88 Å². The van der Waals surface area contributed by atoms with E-state index in [9.17, 15) is 4.79 Å². The number of aromatic nitrogens is 2. The molecule has 2 aromatic heterocycles. The van der Waals surface area contributed by atoms with Crippen LogP contribution in [-0.2, 0) is 4.74 Å². The van der Waals surface area contributed by atoms with Gasteiger partial charge < -0.3 is 14.8 Å². The molecule has 1 N–H and O–H groups in total. The Kier molecular flexibility index (Phi) is 4.12. The number of nitrogens with zero attached hydrogens (tertiary/aromatic N) is 2. The molecule has 0 saturated carbocycles. The number of nitrogens with one attached hydrogen (secondary N) is 1. The topological polar surface area (TPSA) is 73.3 Å². The van der Waals surface area contributed by atoms with Gasteiger partial charge >= 0.3 is 0 Å². The molecule has 1 amide bonds. The third-order valence-corrected chi connectivity index (χ3v) is 3.84. The molecule has 0 spiro atoms. The normalized spacial score (nSPS) is 17.7. The van der Waals surface area contributed by atoms with E-state index >= 15 is 0 Å². The fourth-order valence-electron chi connectivity index (χ4n) is 2.02. The number of ether oxygens (including phenoxy) is 2. The molecule has 1 aliphatic rings. The van der Waals surface area contributed by atoms with Crippen LogP contribution in [0.1, 0.15) is 22.5 Å². The predicted molar refractivity (Wildman–Crippen MR) is 78.9 cm³/mol. The number of carbonyl (C=O) groups is 1. The molecule has 0 aromatic carbocycles. The summed E-state index contributed by atoms with van der Waals surface area (Å²) in [6, 6.07) is 5.23. The van der Waals surface area contributed by atoms with E-state index in [1.807, 2.05) is 13.0 Å². The highest BCUT2D eigenvalue weighted by atomic mass is 32.1. The predicted octanol–water partition coefficient (Wildman–Crippen LogP) is 2.27. The Morgan fingerprint density at radius 3 is 3.19 bits per heavy atom. The summed E-state index contributed by atoms with van der Waals surface area (Å²) < 4.78 is 15.2. The van der Waals surface area contributed by atoms with Gasteiger partial charge in [0.15, 0.2) is 0 Å². The molecule has 1 fully saturated rings. The maximum atomic E-state index is 12.3. The SMILES string of the molecule is Cc1cc(NC(=O)c2cccnc2OC2CCOC2)sn1. The van der Waals surface area contributed by atoms with Crippen molar-refractivity contribution in [1.82, 2.24) is 9.36 Å². The first-order valence-corrected chi connectivity index (χ1v) is 7.44. The van der Waals surface area contributed by atoms with Crippen molar-refractivity contribution >= 4 is 22.4 Å². The van der Waals surface area contributed by atoms with E-state index in [0.29, 0.717) is 29.7 Å². The fraction of sp³-hybridized carbons (Fsp3) is 0.357. The smallest absolute Gasteiger partial charge is 0.261 e. The molecular formula is C14H15N3O3S. The lowest BCUT2D eigenvalue weighted by Crippen LogP contribution is -2.20. The maximum absolute atomic E-state index is 12.3. The second-order valence-electron chi connectivity index (χ2n) is 4.75. The van der Waals surface area contributed by atoms with Crippen molar-refractivity contribution in [2.24, 2.45) is 0 Å². The molecule has 2 aromatic rings. The van der Waals surface area contributed by atoms with Gasteiger partial charge in [-0.2, -0.15) is 4.37 Å². The van der Waals surface area contributed by atoms with E-state index in [0.717, 1.165) is 12.1 Å². The van der Waals surface area contributed by atoms with Crippen LogP contribution in [0.2, 0.25) is 0 Å². The third kappa shape index (κ3) is 3.37. The van der Waals surface area contributed by atoms with Gasteiger partial charge in [0.05, 0.1) is 18.9 Å². The summed E-state index contributed by atoms with van der Waals surface area (Å²) in [5, 5.41) is 3.52. The second kappa shape index (κ2) is 6.19. The van der Waals surface area contributed by atoms with Crippen LogP contribution in [0.4, 0.5) is 5.00 Å². The molecule has 1 saturated heterocycles. The minimum absolute atomic E-state index is 0.0444. The molecule has 1 atom stereocenters. The van der Waals surface area contributed by atoms with Gasteiger partial charge in [-0.15, -0.1) is 0 Å². The number of hydrogen-bond donors (Lipinski definition) is 1. The van der Waals surface area contributed by atoms with Gasteiger partial charge in [0, 0.05) is 12.6 Å². The zero-order chi connectivity index (χ0) is 14.7. The highest BCUT2D eigenvalue weighted by molar-refractivity contribution is 7.10. The molecule has 0 aliphatic carbocycles. The van der Waals surface area contributed by atoms with E-state index in [-0.39, 0.29) is 12.0 Å². The largest absolute Gasteiger partial charge is 0.471 e. The zero-order valence-electron chi connectivity index (χ0n) is 11.5. The lowest BCUT2D eigenvalue weighted by atomic mass is 10.2. The molecule has 21 heavy (non-hydrogen) atoms. The number of hydrogen-bond acceptors (Lipinski definition) is 6. The van der Waals surface area contributed by atoms with E-state index in [2.05, 4.69) is 14.7 Å². The fourth-order valence-corrected chi connectivity index (χ4v) is 2.68. The average molecular weight is 305 g/mol. The molecular weight excluding hydrogens is 290 g/mol. The number of rotatable bonds is 4. The highest BCUT2D eigenvalue weighted by Gasteiger charge is 2.21. The van der Waals surface area contributed by atoms with Crippen molar-refractivity contribution in [1.29, 1.82) is 0 Å². The molecule has 6 nitrogen and oxygen atoms in total. The summed E-state index contributed by atoms with van der Waals surface area (Å²) in [7, 11) is 0. The van der Waals surface area contributed by atoms with Crippen molar-refractivity contribution in [2.75, 3.05) is 18.5 Å². The second-order valence-corrected chi connectivity index (χ2v) is 5.55. The lowest BCUT2D eigenvalue weighted by Gasteiger charge is -2.13. The number of anilines is 1. The number of aryl methyl sites for hydroxylation is 1. The minimum Gasteiger partial charge on any atom is -0.471 e. The van der Waals surface area contributed by atoms with Crippen LogP contribution in [0.3, 0.4) is 0 Å². The monoisotopic (exact) mass is 305 g/mol. The minimum atomic E-state index is -0.249. The summed E-state index contributed by atoms with van der Waals surface area (Å²) in [6.07, 6.45) is 2.38. The van der Waals surface area contributed by atoms with Gasteiger partial charge in [0.1, 0.15) is 16.7 Å². The van der Waals surface area contributed by atoms with Crippen molar-refractivity contribution in [2.45, 2.75) is 19.4 Å². The Bertz CT molecular complexity index is 638. The van der Waals surface area contributed by atoms with E-state index in [4.69, 9.17) is 9.47 Å². The first-order valence-electron chi connectivity index (χ1n) is 6.66. The summed E-state index contributed by atoms with van der Waals surface area (Å²) in [6.45, 7) is 3.09. The number of amides is 1. The van der Waals surface area contributed by atoms with Crippen LogP contribution in [0, 0.1) is 6.92 Å². The van der Waals surface area contributed by atoms with Crippen molar-refractivity contribution < 1.29 is 14.3 Å². The van der Waals surface area contributed by atoms with Gasteiger partial charge in [0.25, 0.3) is 5.91 Å². The molecule has 1 aliphatic heterocycles. The molecule has 3 rings (SSSR count). The van der Waals surface area contributed by atoms with E-state index in [1.54, 1.807) is 18.3 Å². The summed E-state index contributed by atoms with van der Waals surface area (Å²) >= 11 is 1.25. The quantitative estimate of drug-likeness (QED) is 0.938. The summed E-state index contributed by atoms with van der Waals surface area (Å²) in [5.41, 5.74) is 1.29. The average Bonchev–Trinajstić information content (AvgIpc) is 3.11. The maximum Gasteiger partial charge on any atom is 0.261 e. The molecule has 7 heteroatoms. The Labute approximate surface area is 126 Å². The van der Waals surface area contributed by atoms with Crippen molar-refractivity contribution in [3.05, 3.63) is 35.7 Å². The molecule has 110 valence electrons. The van der Waals surface area contributed by atoms with Crippen LogP contribution in [-0.4, -0.2) is 34.6 Å². The molecule has 1 unspecified atom stereocenters. The lowest BCUT2D eigenvalue weighted by molar-refractivity contribution is 0.101. The third-order valence-electron chi connectivity index (χ3n) is 3.05. The number of carbonyl (C=O) groups excluding carboxylic acids is 1. The number of pyridine rings is 1. The Balaban J connectivity index is 1.75. The van der Waals surface area contributed by atoms with Gasteiger partial charge in [-0.1, -0.05) is 0 Å². The first kappa shape index (κ1) is 14.0. The summed E-state index contributed by atoms with van der Waals surface area (Å²) in [5.74, 6) is 0.0902. The molecule has 3 heterocycles. The molecule has 0 radical (unpaired) electrons. The van der Waals surface area contributed by atoms with Crippen LogP contribution >= 0.6 is 11.5 Å². The van der Waals surface area contributed by atoms with Crippen LogP contribution in [0.5, 0.6) is 5.88 Å². The van der Waals surface area contributed by atoms with E-state index < -0.39 is 0 Å². The summed E-state index contributed by atoms with van der Waals surface area (Å²) in [4.78, 5) is 16.5. The molecule has 0 bridgehead atoms. The van der Waals surface area contributed by atoms with Crippen LogP contribution in [0.25, 0.3) is 0 Å². The standard InChI is InChI=1S/C14H15N3O3S/c1-9-7-12(21-17-9)16-13(18)11-3-2-5-15-14(11)20-10-4-6-19-8-10/h2-3,5,7,10H,4,6,8H2,1H3,(H,16,18). The van der Waals surface area contributed by atoms with Crippen molar-refractivity contribution in [3.63, 3.8) is 0 Å². The Morgan fingerprint density at radius 1 is 1.57 bits per heavy atom. The van der Waals surface area contributed by atoms with Gasteiger partial charge in [-0.05, 0) is 36.7 Å². The van der Waals surface area contributed by atoms with Gasteiger partial charge in [0.2, 0.25) is 5.88 Å².